The van der Waals surface area contributed by atoms with Gasteiger partial charge in [0.1, 0.15) is 11.4 Å². The number of ether oxygens (including phenoxy) is 1. The molecule has 0 aliphatic rings. The molecular formula is C26H22FNO4. The minimum atomic E-state index is -0.480. The summed E-state index contributed by atoms with van der Waals surface area (Å²) in [5.74, 6) is -0.641. The summed E-state index contributed by atoms with van der Waals surface area (Å²) in [7, 11) is 0. The number of aryl methyl sites for hydroxylation is 3. The molecular weight excluding hydrogens is 409 g/mol. The van der Waals surface area contributed by atoms with Crippen LogP contribution < -0.4 is 15.5 Å². The molecule has 162 valence electrons. The monoisotopic (exact) mass is 431 g/mol. The maximum absolute atomic E-state index is 13.3. The number of carbonyl (C=O) groups is 1. The minimum Gasteiger partial charge on any atom is -0.476 e. The molecule has 0 atom stereocenters. The van der Waals surface area contributed by atoms with E-state index < -0.39 is 18.3 Å². The lowest BCUT2D eigenvalue weighted by Crippen LogP contribution is -2.22. The number of hydrogen-bond donors (Lipinski definition) is 1. The molecule has 0 radical (unpaired) electrons. The molecule has 0 saturated heterocycles. The Kier molecular flexibility index (Phi) is 5.77. The Balaban J connectivity index is 1.72. The van der Waals surface area contributed by atoms with Gasteiger partial charge in [-0.1, -0.05) is 35.9 Å². The number of benzene rings is 3. The number of rotatable bonds is 5. The van der Waals surface area contributed by atoms with Gasteiger partial charge in [-0.3, -0.25) is 9.59 Å². The van der Waals surface area contributed by atoms with Crippen molar-refractivity contribution in [2.75, 3.05) is 11.9 Å². The highest BCUT2D eigenvalue weighted by atomic mass is 19.1. The third kappa shape index (κ3) is 4.39. The van der Waals surface area contributed by atoms with E-state index >= 15 is 0 Å². The molecule has 0 saturated carbocycles. The molecule has 1 amide bonds. The number of hydrogen-bond acceptors (Lipinski definition) is 4. The van der Waals surface area contributed by atoms with Crippen LogP contribution in [-0.2, 0) is 4.79 Å². The van der Waals surface area contributed by atoms with E-state index in [4.69, 9.17) is 9.15 Å². The third-order valence-corrected chi connectivity index (χ3v) is 5.07. The normalized spacial score (nSPS) is 10.9. The summed E-state index contributed by atoms with van der Waals surface area (Å²) in [5, 5.41) is 3.01. The molecule has 3 aromatic carbocycles. The molecule has 0 aliphatic heterocycles. The van der Waals surface area contributed by atoms with Gasteiger partial charge in [0, 0.05) is 11.3 Å². The Morgan fingerprint density at radius 2 is 1.66 bits per heavy atom. The fraction of sp³-hybridized carbons (Fsp3) is 0.154. The minimum absolute atomic E-state index is 0.0272. The topological polar surface area (TPSA) is 68.5 Å². The van der Waals surface area contributed by atoms with Crippen molar-refractivity contribution in [3.8, 4) is 17.1 Å². The first-order valence-corrected chi connectivity index (χ1v) is 10.1. The van der Waals surface area contributed by atoms with Crippen molar-refractivity contribution in [2.45, 2.75) is 20.8 Å². The van der Waals surface area contributed by atoms with Gasteiger partial charge >= 0.3 is 0 Å². The van der Waals surface area contributed by atoms with E-state index in [0.717, 1.165) is 16.7 Å². The van der Waals surface area contributed by atoms with Gasteiger partial charge in [-0.05, 0) is 62.2 Å². The van der Waals surface area contributed by atoms with Crippen LogP contribution in [0.5, 0.6) is 5.75 Å². The average Bonchev–Trinajstić information content (AvgIpc) is 2.76. The maximum Gasteiger partial charge on any atom is 0.262 e. The van der Waals surface area contributed by atoms with Crippen LogP contribution in [0.15, 0.2) is 69.9 Å². The second-order valence-corrected chi connectivity index (χ2v) is 7.76. The van der Waals surface area contributed by atoms with E-state index in [-0.39, 0.29) is 16.9 Å². The fourth-order valence-corrected chi connectivity index (χ4v) is 3.53. The largest absolute Gasteiger partial charge is 0.476 e. The smallest absolute Gasteiger partial charge is 0.262 e. The van der Waals surface area contributed by atoms with Gasteiger partial charge in [0.05, 0.1) is 5.39 Å². The summed E-state index contributed by atoms with van der Waals surface area (Å²) in [6.07, 6.45) is 0. The summed E-state index contributed by atoms with van der Waals surface area (Å²) in [4.78, 5) is 25.7. The number of fused-ring (bicyclic) bond motifs is 1. The van der Waals surface area contributed by atoms with Crippen molar-refractivity contribution in [1.82, 2.24) is 0 Å². The Morgan fingerprint density at radius 3 is 2.34 bits per heavy atom. The lowest BCUT2D eigenvalue weighted by Gasteiger charge is -2.13. The number of amides is 1. The van der Waals surface area contributed by atoms with E-state index in [1.807, 2.05) is 51.1 Å². The predicted octanol–water partition coefficient (Wildman–Crippen LogP) is 5.54. The predicted molar refractivity (Wildman–Crippen MR) is 123 cm³/mol. The summed E-state index contributed by atoms with van der Waals surface area (Å²) in [6, 6.07) is 16.6. The van der Waals surface area contributed by atoms with E-state index in [2.05, 4.69) is 5.32 Å². The number of carbonyl (C=O) groups excluding carboxylic acids is 1. The first-order valence-electron chi connectivity index (χ1n) is 10.1. The molecule has 0 bridgehead atoms. The second-order valence-electron chi connectivity index (χ2n) is 7.76. The highest BCUT2D eigenvalue weighted by Gasteiger charge is 2.20. The van der Waals surface area contributed by atoms with Crippen LogP contribution in [0.4, 0.5) is 10.1 Å². The summed E-state index contributed by atoms with van der Waals surface area (Å²) < 4.78 is 24.9. The Bertz CT molecular complexity index is 1360. The number of anilines is 1. The number of nitrogens with one attached hydrogen (secondary N) is 1. The Morgan fingerprint density at radius 1 is 0.969 bits per heavy atom. The molecule has 1 heterocycles. The highest BCUT2D eigenvalue weighted by Crippen LogP contribution is 2.32. The molecule has 6 heteroatoms. The van der Waals surface area contributed by atoms with Crippen LogP contribution >= 0.6 is 0 Å². The van der Waals surface area contributed by atoms with E-state index in [1.54, 1.807) is 6.07 Å². The molecule has 0 aliphatic carbocycles. The van der Waals surface area contributed by atoms with E-state index in [1.165, 1.54) is 24.3 Å². The van der Waals surface area contributed by atoms with Crippen molar-refractivity contribution in [3.63, 3.8) is 0 Å². The lowest BCUT2D eigenvalue weighted by molar-refractivity contribution is -0.118. The van der Waals surface area contributed by atoms with Crippen LogP contribution in [0.3, 0.4) is 0 Å². The molecule has 4 rings (SSSR count). The zero-order chi connectivity index (χ0) is 22.8. The van der Waals surface area contributed by atoms with E-state index in [9.17, 15) is 14.0 Å². The molecule has 4 aromatic rings. The molecule has 0 fully saturated rings. The zero-order valence-electron chi connectivity index (χ0n) is 18.0. The van der Waals surface area contributed by atoms with E-state index in [0.29, 0.717) is 22.2 Å². The second kappa shape index (κ2) is 8.67. The van der Waals surface area contributed by atoms with Crippen LogP contribution in [0.25, 0.3) is 22.3 Å². The number of halogens is 1. The van der Waals surface area contributed by atoms with Crippen molar-refractivity contribution < 1.29 is 18.3 Å². The molecule has 5 nitrogen and oxygen atoms in total. The van der Waals surface area contributed by atoms with Gasteiger partial charge in [0.25, 0.3) is 5.91 Å². The van der Waals surface area contributed by atoms with Crippen LogP contribution in [-0.4, -0.2) is 12.5 Å². The fourth-order valence-electron chi connectivity index (χ4n) is 3.53. The third-order valence-electron chi connectivity index (χ3n) is 5.07. The van der Waals surface area contributed by atoms with Gasteiger partial charge in [-0.15, -0.1) is 0 Å². The van der Waals surface area contributed by atoms with Crippen molar-refractivity contribution in [1.29, 1.82) is 0 Å². The molecule has 1 N–H and O–H groups in total. The first-order chi connectivity index (χ1) is 15.3. The van der Waals surface area contributed by atoms with Gasteiger partial charge in [0.2, 0.25) is 11.2 Å². The SMILES string of the molecule is Cc1ccc(-c2oc3c(C)cc(C)cc3c(=O)c2OCC(=O)Nc2ccc(F)cc2)cc1. The summed E-state index contributed by atoms with van der Waals surface area (Å²) in [5.41, 5.74) is 4.06. The Labute approximate surface area is 184 Å². The Hall–Kier alpha value is -3.93. The molecule has 0 spiro atoms. The summed E-state index contributed by atoms with van der Waals surface area (Å²) >= 11 is 0. The zero-order valence-corrected chi connectivity index (χ0v) is 18.0. The van der Waals surface area contributed by atoms with Crippen molar-refractivity contribution in [3.05, 3.63) is 93.4 Å². The lowest BCUT2D eigenvalue weighted by atomic mass is 10.0. The van der Waals surface area contributed by atoms with Crippen LogP contribution in [0.2, 0.25) is 0 Å². The standard InChI is InChI=1S/C26H22FNO4/c1-15-4-6-18(7-5-15)25-26(23(30)21-13-16(2)12-17(3)24(21)32-25)31-14-22(29)28-20-10-8-19(27)9-11-20/h4-13H,14H2,1-3H3,(H,28,29). The van der Waals surface area contributed by atoms with Gasteiger partial charge in [-0.2, -0.15) is 0 Å². The van der Waals surface area contributed by atoms with Crippen molar-refractivity contribution >= 4 is 22.6 Å². The average molecular weight is 431 g/mol. The maximum atomic E-state index is 13.3. The molecule has 32 heavy (non-hydrogen) atoms. The quantitative estimate of drug-likeness (QED) is 0.450. The van der Waals surface area contributed by atoms with Crippen LogP contribution in [0, 0.1) is 26.6 Å². The molecule has 1 aromatic heterocycles. The summed E-state index contributed by atoms with van der Waals surface area (Å²) in [6.45, 7) is 5.34. The highest BCUT2D eigenvalue weighted by molar-refractivity contribution is 5.92. The first kappa shape index (κ1) is 21.3. The molecule has 0 unspecified atom stereocenters. The van der Waals surface area contributed by atoms with Crippen molar-refractivity contribution in [2.24, 2.45) is 0 Å². The van der Waals surface area contributed by atoms with Gasteiger partial charge in [0.15, 0.2) is 12.4 Å². The van der Waals surface area contributed by atoms with Gasteiger partial charge < -0.3 is 14.5 Å². The van der Waals surface area contributed by atoms with Gasteiger partial charge in [-0.25, -0.2) is 4.39 Å². The van der Waals surface area contributed by atoms with Crippen LogP contribution in [0.1, 0.15) is 16.7 Å².